The van der Waals surface area contributed by atoms with E-state index in [9.17, 15) is 4.79 Å². The van der Waals surface area contributed by atoms with Gasteiger partial charge >= 0.3 is 5.97 Å². The number of esters is 1. The number of carbonyl (C=O) groups excluding carboxylic acids is 1. The summed E-state index contributed by atoms with van der Waals surface area (Å²) in [5, 5.41) is 4.25. The molecule has 0 saturated carbocycles. The van der Waals surface area contributed by atoms with E-state index >= 15 is 0 Å². The Hall–Kier alpha value is -2.15. The molecule has 2 aromatic heterocycles. The monoisotopic (exact) mass is 318 g/mol. The second kappa shape index (κ2) is 6.74. The predicted octanol–water partition coefficient (Wildman–Crippen LogP) is 2.80. The Balaban J connectivity index is 2.05. The van der Waals surface area contributed by atoms with E-state index in [0.29, 0.717) is 17.0 Å². The molecule has 116 valence electrons. The molecule has 0 N–H and O–H groups in total. The molecule has 2 rings (SSSR count). The largest absolute Gasteiger partial charge is 0.460 e. The van der Waals surface area contributed by atoms with E-state index in [4.69, 9.17) is 17.0 Å². The fraction of sp³-hybridized carbons (Fsp3) is 0.400. The molecule has 2 aromatic rings. The minimum absolute atomic E-state index is 0.222. The number of hydrogen-bond acceptors (Lipinski definition) is 6. The van der Waals surface area contributed by atoms with Crippen LogP contribution < -0.4 is 0 Å². The molecule has 0 radical (unpaired) electrons. The van der Waals surface area contributed by atoms with Gasteiger partial charge in [-0.2, -0.15) is 5.10 Å². The summed E-state index contributed by atoms with van der Waals surface area (Å²) in [5.74, 6) is 0.298. The first kappa shape index (κ1) is 16.2. The van der Waals surface area contributed by atoms with Crippen LogP contribution >= 0.6 is 12.2 Å². The smallest absolute Gasteiger partial charge is 0.308 e. The van der Waals surface area contributed by atoms with Gasteiger partial charge in [0.2, 0.25) is 0 Å². The summed E-state index contributed by atoms with van der Waals surface area (Å²) in [6.45, 7) is 5.89. The lowest BCUT2D eigenvalue weighted by Crippen LogP contribution is -2.24. The lowest BCUT2D eigenvalue weighted by Gasteiger charge is -2.19. The van der Waals surface area contributed by atoms with E-state index in [0.717, 1.165) is 5.56 Å². The van der Waals surface area contributed by atoms with Gasteiger partial charge in [-0.25, -0.2) is 9.97 Å². The molecule has 0 atom stereocenters. The van der Waals surface area contributed by atoms with Crippen LogP contribution in [-0.4, -0.2) is 31.3 Å². The molecule has 0 aliphatic rings. The second-order valence-corrected chi connectivity index (χ2v) is 6.13. The zero-order valence-electron chi connectivity index (χ0n) is 12.8. The fourth-order valence-electron chi connectivity index (χ4n) is 1.76. The summed E-state index contributed by atoms with van der Waals surface area (Å²) in [4.78, 5) is 20.0. The van der Waals surface area contributed by atoms with Crippen LogP contribution in [0.1, 0.15) is 27.2 Å². The Morgan fingerprint density at radius 1 is 1.32 bits per heavy atom. The number of rotatable bonds is 4. The molecule has 0 spiro atoms. The average molecular weight is 318 g/mol. The maximum absolute atomic E-state index is 11.7. The van der Waals surface area contributed by atoms with E-state index in [-0.39, 0.29) is 12.4 Å². The van der Waals surface area contributed by atoms with Crippen molar-refractivity contribution >= 4 is 18.2 Å². The van der Waals surface area contributed by atoms with Gasteiger partial charge in [0.15, 0.2) is 5.82 Å². The highest BCUT2D eigenvalue weighted by molar-refractivity contribution is 7.71. The van der Waals surface area contributed by atoms with Crippen molar-refractivity contribution in [1.82, 2.24) is 19.7 Å². The molecule has 0 saturated heterocycles. The predicted molar refractivity (Wildman–Crippen MR) is 84.5 cm³/mol. The maximum atomic E-state index is 11.7. The Labute approximate surface area is 134 Å². The summed E-state index contributed by atoms with van der Waals surface area (Å²) in [7, 11) is 0. The molecule has 6 nitrogen and oxygen atoms in total. The summed E-state index contributed by atoms with van der Waals surface area (Å²) in [6.07, 6.45) is 5.18. The topological polar surface area (TPSA) is 69.9 Å². The SMILES string of the molecule is CC(C)(C)OC(=O)CCn1ncc(-c2ncccn2)cc1=S. The molecule has 7 heteroatoms. The van der Waals surface area contributed by atoms with Crippen LogP contribution in [0, 0.1) is 4.64 Å². The van der Waals surface area contributed by atoms with E-state index in [1.807, 2.05) is 20.8 Å². The first-order chi connectivity index (χ1) is 10.3. The Morgan fingerprint density at radius 2 is 2.00 bits per heavy atom. The minimum Gasteiger partial charge on any atom is -0.460 e. The highest BCUT2D eigenvalue weighted by Crippen LogP contribution is 2.13. The molecule has 0 aromatic carbocycles. The van der Waals surface area contributed by atoms with Crippen LogP contribution in [0.3, 0.4) is 0 Å². The van der Waals surface area contributed by atoms with Crippen molar-refractivity contribution in [2.75, 3.05) is 0 Å². The number of nitrogens with zero attached hydrogens (tertiary/aromatic N) is 4. The van der Waals surface area contributed by atoms with Crippen LogP contribution in [0.5, 0.6) is 0 Å². The van der Waals surface area contributed by atoms with Crippen molar-refractivity contribution in [2.24, 2.45) is 0 Å². The van der Waals surface area contributed by atoms with Gasteiger partial charge in [0, 0.05) is 18.0 Å². The second-order valence-electron chi connectivity index (χ2n) is 5.71. The third-order valence-electron chi connectivity index (χ3n) is 2.64. The van der Waals surface area contributed by atoms with Crippen LogP contribution in [0.4, 0.5) is 0 Å². The van der Waals surface area contributed by atoms with E-state index in [1.54, 1.807) is 35.4 Å². The summed E-state index contributed by atoms with van der Waals surface area (Å²) < 4.78 is 7.37. The van der Waals surface area contributed by atoms with Crippen LogP contribution in [0.15, 0.2) is 30.7 Å². The first-order valence-electron chi connectivity index (χ1n) is 6.91. The van der Waals surface area contributed by atoms with Crippen molar-refractivity contribution in [3.05, 3.63) is 35.4 Å². The van der Waals surface area contributed by atoms with Crippen LogP contribution in [-0.2, 0) is 16.1 Å². The maximum Gasteiger partial charge on any atom is 0.308 e. The average Bonchev–Trinajstić information content (AvgIpc) is 2.45. The van der Waals surface area contributed by atoms with Gasteiger partial charge in [-0.15, -0.1) is 0 Å². The summed E-state index contributed by atoms with van der Waals surface area (Å²) >= 11 is 5.29. The Kier molecular flexibility index (Phi) is 4.97. The fourth-order valence-corrected chi connectivity index (χ4v) is 2.03. The Morgan fingerprint density at radius 3 is 2.59 bits per heavy atom. The Bertz CT molecular complexity index is 707. The van der Waals surface area contributed by atoms with Gasteiger partial charge in [0.1, 0.15) is 10.2 Å². The first-order valence-corrected chi connectivity index (χ1v) is 7.32. The highest BCUT2D eigenvalue weighted by Gasteiger charge is 2.16. The highest BCUT2D eigenvalue weighted by atomic mass is 32.1. The van der Waals surface area contributed by atoms with Gasteiger partial charge in [-0.1, -0.05) is 12.2 Å². The zero-order valence-corrected chi connectivity index (χ0v) is 13.6. The third kappa shape index (κ3) is 4.70. The molecule has 0 fully saturated rings. The van der Waals surface area contributed by atoms with Gasteiger partial charge in [-0.05, 0) is 32.9 Å². The number of aromatic nitrogens is 4. The minimum atomic E-state index is -0.486. The molecule has 0 amide bonds. The quantitative estimate of drug-likeness (QED) is 0.638. The van der Waals surface area contributed by atoms with E-state index in [1.165, 1.54) is 0 Å². The van der Waals surface area contributed by atoms with Gasteiger partial charge in [0.25, 0.3) is 0 Å². The van der Waals surface area contributed by atoms with Crippen molar-refractivity contribution in [3.63, 3.8) is 0 Å². The molecule has 0 bridgehead atoms. The molecular formula is C15H18N4O2S. The molecule has 0 unspecified atom stereocenters. The summed E-state index contributed by atoms with van der Waals surface area (Å²) in [5.41, 5.74) is 0.264. The number of aryl methyl sites for hydroxylation is 1. The van der Waals surface area contributed by atoms with Crippen molar-refractivity contribution in [2.45, 2.75) is 39.3 Å². The molecule has 0 aliphatic heterocycles. The van der Waals surface area contributed by atoms with Gasteiger partial charge < -0.3 is 4.74 Å². The number of hydrogen-bond donors (Lipinski definition) is 0. The molecule has 22 heavy (non-hydrogen) atoms. The standard InChI is InChI=1S/C15H18N4O2S/c1-15(2,3)21-13(20)5-8-19-12(22)9-11(10-18-19)14-16-6-4-7-17-14/h4,6-7,9-10H,5,8H2,1-3H3. The zero-order chi connectivity index (χ0) is 16.2. The van der Waals surface area contributed by atoms with Gasteiger partial charge in [0.05, 0.1) is 19.2 Å². The lowest BCUT2D eigenvalue weighted by molar-refractivity contribution is -0.155. The van der Waals surface area contributed by atoms with Crippen LogP contribution in [0.2, 0.25) is 0 Å². The molecular weight excluding hydrogens is 300 g/mol. The van der Waals surface area contributed by atoms with Crippen LogP contribution in [0.25, 0.3) is 11.4 Å². The molecule has 0 aliphatic carbocycles. The number of carbonyl (C=O) groups is 1. The van der Waals surface area contributed by atoms with Crippen molar-refractivity contribution in [3.8, 4) is 11.4 Å². The number of ether oxygens (including phenoxy) is 1. The van der Waals surface area contributed by atoms with Gasteiger partial charge in [-0.3, -0.25) is 9.48 Å². The normalized spacial score (nSPS) is 11.2. The summed E-state index contributed by atoms with van der Waals surface area (Å²) in [6, 6.07) is 3.52. The molecule has 2 heterocycles. The van der Waals surface area contributed by atoms with Crippen molar-refractivity contribution < 1.29 is 9.53 Å². The third-order valence-corrected chi connectivity index (χ3v) is 2.97. The lowest BCUT2D eigenvalue weighted by atomic mass is 10.2. The van der Waals surface area contributed by atoms with Crippen molar-refractivity contribution in [1.29, 1.82) is 0 Å². The van der Waals surface area contributed by atoms with E-state index in [2.05, 4.69) is 15.1 Å². The van der Waals surface area contributed by atoms with E-state index < -0.39 is 5.60 Å².